The second-order valence-electron chi connectivity index (χ2n) is 6.13. The molecule has 0 saturated heterocycles. The van der Waals surface area contributed by atoms with Crippen LogP contribution in [0.2, 0.25) is 0 Å². The first-order valence-corrected chi connectivity index (χ1v) is 10.7. The minimum absolute atomic E-state index is 0.0367. The SMILES string of the molecule is C#CCOc1ccc(Br)cc1/C=C(\C#N)C(=O)Cc1sc(C(=O)OCC)c(C)c1C#N. The summed E-state index contributed by atoms with van der Waals surface area (Å²) in [7, 11) is 0. The van der Waals surface area contributed by atoms with E-state index in [2.05, 4.69) is 21.9 Å². The van der Waals surface area contributed by atoms with Crippen molar-refractivity contribution in [2.75, 3.05) is 13.2 Å². The van der Waals surface area contributed by atoms with Crippen molar-refractivity contribution < 1.29 is 19.1 Å². The maximum absolute atomic E-state index is 12.8. The summed E-state index contributed by atoms with van der Waals surface area (Å²) in [6.45, 7) is 3.55. The number of halogens is 1. The van der Waals surface area contributed by atoms with Gasteiger partial charge in [0.2, 0.25) is 0 Å². The van der Waals surface area contributed by atoms with E-state index >= 15 is 0 Å². The predicted molar refractivity (Wildman–Crippen MR) is 120 cm³/mol. The van der Waals surface area contributed by atoms with E-state index in [4.69, 9.17) is 15.9 Å². The largest absolute Gasteiger partial charge is 0.480 e. The monoisotopic (exact) mass is 496 g/mol. The number of thiophene rings is 1. The number of hydrogen-bond donors (Lipinski definition) is 0. The van der Waals surface area contributed by atoms with Gasteiger partial charge in [-0.05, 0) is 43.7 Å². The van der Waals surface area contributed by atoms with Gasteiger partial charge in [-0.3, -0.25) is 4.79 Å². The molecule has 0 aliphatic carbocycles. The molecule has 156 valence electrons. The van der Waals surface area contributed by atoms with Crippen LogP contribution >= 0.6 is 27.3 Å². The lowest BCUT2D eigenvalue weighted by atomic mass is 10.0. The van der Waals surface area contributed by atoms with Gasteiger partial charge >= 0.3 is 5.97 Å². The molecule has 1 aromatic heterocycles. The third-order valence-corrected chi connectivity index (χ3v) is 5.88. The first kappa shape index (κ1) is 23.9. The number of esters is 1. The second-order valence-corrected chi connectivity index (χ2v) is 8.15. The Morgan fingerprint density at radius 3 is 2.68 bits per heavy atom. The second kappa shape index (κ2) is 11.1. The zero-order valence-corrected chi connectivity index (χ0v) is 19.2. The molecule has 8 heteroatoms. The van der Waals surface area contributed by atoms with Crippen LogP contribution in [0, 0.1) is 41.9 Å². The van der Waals surface area contributed by atoms with Crippen LogP contribution in [0.4, 0.5) is 0 Å². The van der Waals surface area contributed by atoms with Gasteiger partial charge in [0, 0.05) is 21.3 Å². The molecular formula is C23H17BrN2O4S. The van der Waals surface area contributed by atoms with Crippen LogP contribution in [-0.4, -0.2) is 25.0 Å². The van der Waals surface area contributed by atoms with Gasteiger partial charge in [-0.2, -0.15) is 10.5 Å². The molecular weight excluding hydrogens is 480 g/mol. The fraction of sp³-hybridized carbons (Fsp3) is 0.217. The topological polar surface area (TPSA) is 100 Å². The van der Waals surface area contributed by atoms with Crippen molar-refractivity contribution in [3.05, 3.63) is 54.7 Å². The van der Waals surface area contributed by atoms with Gasteiger partial charge in [-0.25, -0.2) is 4.79 Å². The Kier molecular flexibility index (Phi) is 8.58. The number of carbonyl (C=O) groups excluding carboxylic acids is 2. The number of terminal acetylenes is 1. The number of ketones is 1. The highest BCUT2D eigenvalue weighted by Crippen LogP contribution is 2.30. The number of rotatable bonds is 8. The van der Waals surface area contributed by atoms with Crippen LogP contribution in [0.5, 0.6) is 5.75 Å². The van der Waals surface area contributed by atoms with Gasteiger partial charge in [-0.15, -0.1) is 17.8 Å². The number of hydrogen-bond acceptors (Lipinski definition) is 7. The molecule has 31 heavy (non-hydrogen) atoms. The number of nitriles is 2. The zero-order chi connectivity index (χ0) is 23.0. The molecule has 0 N–H and O–H groups in total. The van der Waals surface area contributed by atoms with Crippen LogP contribution in [0.15, 0.2) is 28.2 Å². The van der Waals surface area contributed by atoms with E-state index in [0.717, 1.165) is 15.8 Å². The van der Waals surface area contributed by atoms with E-state index < -0.39 is 11.8 Å². The summed E-state index contributed by atoms with van der Waals surface area (Å²) in [6, 6.07) is 9.07. The first-order valence-electron chi connectivity index (χ1n) is 9.06. The summed E-state index contributed by atoms with van der Waals surface area (Å²) < 4.78 is 11.2. The number of allylic oxidation sites excluding steroid dienone is 1. The molecule has 0 spiro atoms. The number of ether oxygens (including phenoxy) is 2. The smallest absolute Gasteiger partial charge is 0.348 e. The Hall–Kier alpha value is -3.38. The number of carbonyl (C=O) groups is 2. The Morgan fingerprint density at radius 2 is 2.06 bits per heavy atom. The van der Waals surface area contributed by atoms with Crippen molar-refractivity contribution in [3.63, 3.8) is 0 Å². The molecule has 0 fully saturated rings. The molecule has 0 radical (unpaired) electrons. The molecule has 6 nitrogen and oxygen atoms in total. The highest BCUT2D eigenvalue weighted by atomic mass is 79.9. The van der Waals surface area contributed by atoms with E-state index in [-0.39, 0.29) is 35.6 Å². The third kappa shape index (κ3) is 5.83. The van der Waals surface area contributed by atoms with Gasteiger partial charge < -0.3 is 9.47 Å². The highest BCUT2D eigenvalue weighted by molar-refractivity contribution is 9.10. The number of Topliss-reactive ketones (excluding diaryl/α,β-unsaturated/α-hetero) is 1. The fourth-order valence-electron chi connectivity index (χ4n) is 2.69. The number of nitrogens with zero attached hydrogens (tertiary/aromatic N) is 2. The molecule has 0 aliphatic rings. The third-order valence-electron chi connectivity index (χ3n) is 4.12. The lowest BCUT2D eigenvalue weighted by Crippen LogP contribution is -2.05. The van der Waals surface area contributed by atoms with Crippen LogP contribution in [0.3, 0.4) is 0 Å². The van der Waals surface area contributed by atoms with E-state index in [1.54, 1.807) is 32.0 Å². The normalized spacial score (nSPS) is 10.5. The van der Waals surface area contributed by atoms with Crippen molar-refractivity contribution in [2.45, 2.75) is 20.3 Å². The van der Waals surface area contributed by atoms with Crippen molar-refractivity contribution in [3.8, 4) is 30.2 Å². The van der Waals surface area contributed by atoms with Gasteiger partial charge in [0.05, 0.1) is 17.7 Å². The molecule has 0 saturated carbocycles. The minimum atomic E-state index is -0.541. The summed E-state index contributed by atoms with van der Waals surface area (Å²) in [6.07, 6.45) is 6.46. The summed E-state index contributed by atoms with van der Waals surface area (Å²) in [5, 5.41) is 19.1. The lowest BCUT2D eigenvalue weighted by Gasteiger charge is -2.08. The maximum Gasteiger partial charge on any atom is 0.348 e. The quantitative estimate of drug-likeness (QED) is 0.229. The van der Waals surface area contributed by atoms with Crippen LogP contribution in [-0.2, 0) is 16.0 Å². The Balaban J connectivity index is 2.39. The summed E-state index contributed by atoms with van der Waals surface area (Å²) >= 11 is 4.38. The van der Waals surface area contributed by atoms with Gasteiger partial charge in [0.1, 0.15) is 29.4 Å². The van der Waals surface area contributed by atoms with Crippen molar-refractivity contribution in [1.82, 2.24) is 0 Å². The summed E-state index contributed by atoms with van der Waals surface area (Å²) in [4.78, 5) is 25.7. The lowest BCUT2D eigenvalue weighted by molar-refractivity contribution is -0.114. The van der Waals surface area contributed by atoms with E-state index in [9.17, 15) is 20.1 Å². The molecule has 0 atom stereocenters. The fourth-order valence-corrected chi connectivity index (χ4v) is 4.22. The average molecular weight is 497 g/mol. The average Bonchev–Trinajstić information content (AvgIpc) is 3.06. The number of benzene rings is 1. The zero-order valence-electron chi connectivity index (χ0n) is 16.8. The Labute approximate surface area is 192 Å². The molecule has 0 unspecified atom stereocenters. The Morgan fingerprint density at radius 1 is 1.32 bits per heavy atom. The van der Waals surface area contributed by atoms with Crippen LogP contribution in [0.1, 0.15) is 38.2 Å². The van der Waals surface area contributed by atoms with Gasteiger partial charge in [0.15, 0.2) is 5.78 Å². The minimum Gasteiger partial charge on any atom is -0.480 e. The van der Waals surface area contributed by atoms with Crippen LogP contribution < -0.4 is 4.74 Å². The maximum atomic E-state index is 12.8. The molecule has 1 aromatic carbocycles. The molecule has 1 heterocycles. The van der Waals surface area contributed by atoms with Crippen molar-refractivity contribution in [1.29, 1.82) is 10.5 Å². The molecule has 0 bridgehead atoms. The van der Waals surface area contributed by atoms with Crippen molar-refractivity contribution in [2.24, 2.45) is 0 Å². The predicted octanol–water partition coefficient (Wildman–Crippen LogP) is 4.60. The van der Waals surface area contributed by atoms with Crippen LogP contribution in [0.25, 0.3) is 6.08 Å². The van der Waals surface area contributed by atoms with Crippen molar-refractivity contribution >= 4 is 45.1 Å². The first-order chi connectivity index (χ1) is 14.9. The van der Waals surface area contributed by atoms with E-state index in [1.807, 2.05) is 12.1 Å². The molecule has 2 rings (SSSR count). The Bertz CT molecular complexity index is 1180. The standard InChI is InChI=1S/C23H17BrN2O4S/c1-4-8-30-20-7-6-17(24)10-15(20)9-16(12-25)19(27)11-21-18(13-26)14(3)22(31-21)23(28)29-5-2/h1,6-7,9-10H,5,8,11H2,2-3H3/b16-9+. The summed E-state index contributed by atoms with van der Waals surface area (Å²) in [5.74, 6) is 1.76. The molecule has 0 amide bonds. The highest BCUT2D eigenvalue weighted by Gasteiger charge is 2.23. The molecule has 0 aliphatic heterocycles. The van der Waals surface area contributed by atoms with E-state index in [0.29, 0.717) is 21.8 Å². The molecule has 2 aromatic rings. The van der Waals surface area contributed by atoms with Gasteiger partial charge in [0.25, 0.3) is 0 Å². The van der Waals surface area contributed by atoms with E-state index in [1.165, 1.54) is 6.08 Å². The summed E-state index contributed by atoms with van der Waals surface area (Å²) in [5.41, 5.74) is 1.10. The van der Waals surface area contributed by atoms with Gasteiger partial charge in [-0.1, -0.05) is 21.9 Å².